The van der Waals surface area contributed by atoms with E-state index in [0.29, 0.717) is 24.2 Å². The van der Waals surface area contributed by atoms with Gasteiger partial charge in [-0.2, -0.15) is 4.37 Å². The first-order valence-corrected chi connectivity index (χ1v) is 10.0. The molecule has 150 valence electrons. The van der Waals surface area contributed by atoms with Crippen molar-refractivity contribution in [3.8, 4) is 0 Å². The molecule has 0 aromatic carbocycles. The van der Waals surface area contributed by atoms with Gasteiger partial charge in [0.25, 0.3) is 0 Å². The second kappa shape index (κ2) is 11.3. The Morgan fingerprint density at radius 3 is 2.46 bits per heavy atom. The van der Waals surface area contributed by atoms with Gasteiger partial charge in [0.2, 0.25) is 11.0 Å². The van der Waals surface area contributed by atoms with Crippen LogP contribution in [-0.2, 0) is 11.2 Å². The zero-order valence-electron chi connectivity index (χ0n) is 15.6. The summed E-state index contributed by atoms with van der Waals surface area (Å²) in [4.78, 5) is 21.5. The Bertz CT molecular complexity index is 545. The maximum absolute atomic E-state index is 12.6. The smallest absolute Gasteiger partial charge is 0.222 e. The zero-order chi connectivity index (χ0) is 16.9. The van der Waals surface area contributed by atoms with Crippen LogP contribution in [0.25, 0.3) is 0 Å². The molecule has 1 amide bonds. The van der Waals surface area contributed by atoms with Crippen LogP contribution in [0.2, 0.25) is 0 Å². The van der Waals surface area contributed by atoms with E-state index in [1.807, 2.05) is 4.90 Å². The molecule has 1 unspecified atom stereocenters. The van der Waals surface area contributed by atoms with Gasteiger partial charge in [0.1, 0.15) is 5.82 Å². The monoisotopic (exact) mass is 423 g/mol. The van der Waals surface area contributed by atoms with Gasteiger partial charge in [0, 0.05) is 50.6 Å². The molecule has 3 rings (SSSR count). The summed E-state index contributed by atoms with van der Waals surface area (Å²) in [5.41, 5.74) is 0. The lowest BCUT2D eigenvalue weighted by molar-refractivity contribution is -0.132. The highest BCUT2D eigenvalue weighted by atomic mass is 35.5. The van der Waals surface area contributed by atoms with Crippen molar-refractivity contribution < 1.29 is 4.79 Å². The number of hydrogen-bond donors (Lipinski definition) is 1. The summed E-state index contributed by atoms with van der Waals surface area (Å²) in [5, 5.41) is 4.40. The number of anilines is 1. The summed E-state index contributed by atoms with van der Waals surface area (Å²) in [6.07, 6.45) is 3.99. The van der Waals surface area contributed by atoms with Crippen LogP contribution in [0, 0.1) is 11.8 Å². The van der Waals surface area contributed by atoms with Gasteiger partial charge in [0.15, 0.2) is 0 Å². The van der Waals surface area contributed by atoms with Gasteiger partial charge in [-0.3, -0.25) is 4.79 Å². The maximum atomic E-state index is 12.6. The van der Waals surface area contributed by atoms with Crippen molar-refractivity contribution in [3.63, 3.8) is 0 Å². The van der Waals surface area contributed by atoms with E-state index in [0.717, 1.165) is 56.6 Å². The van der Waals surface area contributed by atoms with Crippen molar-refractivity contribution in [1.29, 1.82) is 0 Å². The normalized spacial score (nSPS) is 19.5. The SMILES string of the molecule is CCc1nsc(N2CCN(C(=O)CC(C)C3CCNCC3)CC2)n1.Cl.Cl. The molecule has 0 bridgehead atoms. The van der Waals surface area contributed by atoms with E-state index in [1.54, 1.807) is 0 Å². The molecule has 26 heavy (non-hydrogen) atoms. The fraction of sp³-hybridized carbons (Fsp3) is 0.824. The number of rotatable bonds is 5. The highest BCUT2D eigenvalue weighted by Crippen LogP contribution is 2.25. The van der Waals surface area contributed by atoms with Crippen molar-refractivity contribution in [2.24, 2.45) is 11.8 Å². The fourth-order valence-corrected chi connectivity index (χ4v) is 4.45. The largest absolute Gasteiger partial charge is 0.343 e. The Hall–Kier alpha value is -0.630. The van der Waals surface area contributed by atoms with Crippen molar-refractivity contribution >= 4 is 47.4 Å². The number of aryl methyl sites for hydroxylation is 1. The number of amides is 1. The van der Waals surface area contributed by atoms with E-state index in [1.165, 1.54) is 24.4 Å². The van der Waals surface area contributed by atoms with E-state index in [9.17, 15) is 4.79 Å². The van der Waals surface area contributed by atoms with Gasteiger partial charge in [-0.1, -0.05) is 13.8 Å². The minimum Gasteiger partial charge on any atom is -0.343 e. The number of hydrogen-bond acceptors (Lipinski definition) is 6. The maximum Gasteiger partial charge on any atom is 0.222 e. The van der Waals surface area contributed by atoms with Crippen LogP contribution >= 0.6 is 36.3 Å². The molecule has 0 aliphatic carbocycles. The summed E-state index contributed by atoms with van der Waals surface area (Å²) in [6, 6.07) is 0. The lowest BCUT2D eigenvalue weighted by Gasteiger charge is -2.36. The van der Waals surface area contributed by atoms with E-state index in [2.05, 4.69) is 33.4 Å². The van der Waals surface area contributed by atoms with Crippen molar-refractivity contribution in [3.05, 3.63) is 5.82 Å². The van der Waals surface area contributed by atoms with Gasteiger partial charge in [-0.25, -0.2) is 4.98 Å². The molecule has 0 saturated carbocycles. The second-order valence-electron chi connectivity index (χ2n) is 6.98. The number of nitrogens with zero attached hydrogens (tertiary/aromatic N) is 4. The average molecular weight is 424 g/mol. The summed E-state index contributed by atoms with van der Waals surface area (Å²) in [7, 11) is 0. The summed E-state index contributed by atoms with van der Waals surface area (Å²) in [6.45, 7) is 9.87. The Morgan fingerprint density at radius 1 is 1.23 bits per heavy atom. The molecule has 1 aromatic heterocycles. The first-order valence-electron chi connectivity index (χ1n) is 9.23. The third-order valence-electron chi connectivity index (χ3n) is 5.36. The van der Waals surface area contributed by atoms with Crippen LogP contribution in [0.3, 0.4) is 0 Å². The molecule has 6 nitrogen and oxygen atoms in total. The second-order valence-corrected chi connectivity index (χ2v) is 7.71. The highest BCUT2D eigenvalue weighted by molar-refractivity contribution is 7.09. The zero-order valence-corrected chi connectivity index (χ0v) is 18.1. The Labute approximate surface area is 173 Å². The molecular formula is C17H31Cl2N5OS. The van der Waals surface area contributed by atoms with E-state index in [4.69, 9.17) is 0 Å². The molecule has 3 heterocycles. The molecule has 2 aliphatic heterocycles. The number of piperidine rings is 1. The molecule has 1 N–H and O–H groups in total. The van der Waals surface area contributed by atoms with Crippen LogP contribution in [0.1, 0.15) is 38.9 Å². The standard InChI is InChI=1S/C17H29N5OS.2ClH/c1-3-15-19-17(24-20-15)22-10-8-21(9-11-22)16(23)12-13(2)14-4-6-18-7-5-14;;/h13-14,18H,3-12H2,1-2H3;2*1H. The van der Waals surface area contributed by atoms with Gasteiger partial charge in [0.05, 0.1) is 0 Å². The number of aromatic nitrogens is 2. The molecule has 2 saturated heterocycles. The average Bonchev–Trinajstić information content (AvgIpc) is 3.11. The molecule has 0 spiro atoms. The third kappa shape index (κ3) is 5.94. The number of nitrogens with one attached hydrogen (secondary N) is 1. The predicted molar refractivity (Wildman–Crippen MR) is 112 cm³/mol. The molecule has 2 fully saturated rings. The first kappa shape index (κ1) is 23.4. The predicted octanol–water partition coefficient (Wildman–Crippen LogP) is 2.62. The first-order chi connectivity index (χ1) is 11.7. The fourth-order valence-electron chi connectivity index (χ4n) is 3.65. The van der Waals surface area contributed by atoms with Crippen LogP contribution < -0.4 is 10.2 Å². The molecule has 2 aliphatic rings. The van der Waals surface area contributed by atoms with Gasteiger partial charge < -0.3 is 15.1 Å². The molecule has 9 heteroatoms. The minimum absolute atomic E-state index is 0. The van der Waals surface area contributed by atoms with Crippen LogP contribution in [0.5, 0.6) is 0 Å². The Balaban J connectivity index is 0.00000169. The Morgan fingerprint density at radius 2 is 1.88 bits per heavy atom. The van der Waals surface area contributed by atoms with Crippen LogP contribution in [0.15, 0.2) is 0 Å². The van der Waals surface area contributed by atoms with Crippen molar-refractivity contribution in [1.82, 2.24) is 19.6 Å². The van der Waals surface area contributed by atoms with Crippen LogP contribution in [-0.4, -0.2) is 59.4 Å². The highest BCUT2D eigenvalue weighted by Gasteiger charge is 2.27. The van der Waals surface area contributed by atoms with Crippen molar-refractivity contribution in [2.75, 3.05) is 44.2 Å². The number of carbonyl (C=O) groups excluding carboxylic acids is 1. The van der Waals surface area contributed by atoms with Gasteiger partial charge in [-0.05, 0) is 37.8 Å². The van der Waals surface area contributed by atoms with Gasteiger partial charge >= 0.3 is 0 Å². The molecular weight excluding hydrogens is 393 g/mol. The van der Waals surface area contributed by atoms with E-state index >= 15 is 0 Å². The van der Waals surface area contributed by atoms with E-state index in [-0.39, 0.29) is 24.8 Å². The van der Waals surface area contributed by atoms with Crippen LogP contribution in [0.4, 0.5) is 5.13 Å². The molecule has 0 radical (unpaired) electrons. The number of piperazine rings is 1. The van der Waals surface area contributed by atoms with E-state index < -0.39 is 0 Å². The quantitative estimate of drug-likeness (QED) is 0.788. The summed E-state index contributed by atoms with van der Waals surface area (Å²) < 4.78 is 4.36. The van der Waals surface area contributed by atoms with Gasteiger partial charge in [-0.15, -0.1) is 24.8 Å². The molecule has 1 atom stereocenters. The number of carbonyl (C=O) groups is 1. The number of halogens is 2. The summed E-state index contributed by atoms with van der Waals surface area (Å²) in [5.74, 6) is 2.44. The minimum atomic E-state index is 0. The third-order valence-corrected chi connectivity index (χ3v) is 6.18. The lowest BCUT2D eigenvalue weighted by atomic mass is 9.84. The lowest BCUT2D eigenvalue weighted by Crippen LogP contribution is -2.49. The summed E-state index contributed by atoms with van der Waals surface area (Å²) >= 11 is 1.48. The molecule has 1 aromatic rings. The Kier molecular flexibility index (Phi) is 10.1. The van der Waals surface area contributed by atoms with Crippen molar-refractivity contribution in [2.45, 2.75) is 39.5 Å². The topological polar surface area (TPSA) is 61.4 Å².